The largest absolute Gasteiger partial charge is 0.332 e. The molecule has 0 radical (unpaired) electrons. The number of azo groups is 1. The summed E-state index contributed by atoms with van der Waals surface area (Å²) in [5.74, 6) is 0.345. The summed E-state index contributed by atoms with van der Waals surface area (Å²) in [7, 11) is 3.22. The molecule has 3 heterocycles. The third-order valence-corrected chi connectivity index (χ3v) is 5.12. The van der Waals surface area contributed by atoms with E-state index < -0.39 is 17.5 Å². The normalized spacial score (nSPS) is 15.6. The van der Waals surface area contributed by atoms with E-state index in [4.69, 9.17) is 23.2 Å². The lowest BCUT2D eigenvalue weighted by atomic mass is 10.2. The number of fused-ring (bicyclic) bond motifs is 1. The third kappa shape index (κ3) is 3.00. The molecule has 0 amide bonds. The summed E-state index contributed by atoms with van der Waals surface area (Å²) >= 11 is 12.0. The predicted octanol–water partition coefficient (Wildman–Crippen LogP) is 1.98. The maximum atomic E-state index is 13.1. The van der Waals surface area contributed by atoms with Crippen molar-refractivity contribution in [2.45, 2.75) is 12.8 Å². The smallest absolute Gasteiger partial charge is 0.314 e. The molecule has 0 spiro atoms. The molecule has 2 aromatic heterocycles. The van der Waals surface area contributed by atoms with Crippen LogP contribution in [-0.4, -0.2) is 31.3 Å². The Balaban J connectivity index is 1.83. The maximum Gasteiger partial charge on any atom is 0.332 e. The van der Waals surface area contributed by atoms with Gasteiger partial charge in [-0.25, -0.2) is 9.79 Å². The second kappa shape index (κ2) is 6.88. The van der Waals surface area contributed by atoms with Gasteiger partial charge in [0, 0.05) is 14.1 Å². The van der Waals surface area contributed by atoms with Crippen molar-refractivity contribution in [1.82, 2.24) is 18.7 Å². The Hall–Kier alpha value is -2.98. The first kappa shape index (κ1) is 18.4. The Morgan fingerprint density at radius 3 is 2.61 bits per heavy atom. The summed E-state index contributed by atoms with van der Waals surface area (Å²) in [4.78, 5) is 34.2. The number of nitrogens with zero attached hydrogens (tertiary/aromatic N) is 7. The van der Waals surface area contributed by atoms with Crippen LogP contribution in [0.3, 0.4) is 0 Å². The third-order valence-electron chi connectivity index (χ3n) is 4.38. The van der Waals surface area contributed by atoms with Crippen molar-refractivity contribution in [3.63, 3.8) is 0 Å². The van der Waals surface area contributed by atoms with E-state index in [9.17, 15) is 9.59 Å². The SMILES string of the molecule is Cn1c(NC2N=CN=N2)nc2c1c(=O)n(Cc1ccc(Cl)c(Cl)c1)c(=O)n2C. The molecule has 1 N–H and O–H groups in total. The Labute approximate surface area is 167 Å². The van der Waals surface area contributed by atoms with Crippen LogP contribution in [0.1, 0.15) is 5.56 Å². The lowest BCUT2D eigenvalue weighted by Crippen LogP contribution is -2.39. The van der Waals surface area contributed by atoms with Crippen molar-refractivity contribution >= 4 is 46.7 Å². The van der Waals surface area contributed by atoms with Crippen LogP contribution in [0.5, 0.6) is 0 Å². The molecule has 144 valence electrons. The van der Waals surface area contributed by atoms with Crippen LogP contribution < -0.4 is 16.6 Å². The van der Waals surface area contributed by atoms with Crippen LogP contribution in [0.25, 0.3) is 11.2 Å². The lowest BCUT2D eigenvalue weighted by molar-refractivity contribution is 0.655. The molecule has 1 aromatic carbocycles. The number of rotatable bonds is 4. The molecule has 10 nitrogen and oxygen atoms in total. The monoisotopic (exact) mass is 420 g/mol. The van der Waals surface area contributed by atoms with Crippen LogP contribution in [0.2, 0.25) is 10.0 Å². The molecule has 0 fully saturated rings. The second-order valence-electron chi connectivity index (χ2n) is 6.16. The minimum atomic E-state index is -0.619. The summed E-state index contributed by atoms with van der Waals surface area (Å²) in [6, 6.07) is 4.96. The van der Waals surface area contributed by atoms with Gasteiger partial charge in [-0.15, -0.1) is 10.2 Å². The fourth-order valence-electron chi connectivity index (χ4n) is 2.93. The van der Waals surface area contributed by atoms with Crippen molar-refractivity contribution < 1.29 is 0 Å². The first-order chi connectivity index (χ1) is 13.4. The van der Waals surface area contributed by atoms with Gasteiger partial charge >= 0.3 is 5.69 Å². The molecule has 1 atom stereocenters. The van der Waals surface area contributed by atoms with Crippen molar-refractivity contribution in [3.8, 4) is 0 Å². The van der Waals surface area contributed by atoms with Gasteiger partial charge < -0.3 is 9.88 Å². The zero-order valence-corrected chi connectivity index (χ0v) is 16.3. The molecule has 4 rings (SSSR count). The van der Waals surface area contributed by atoms with Crippen LogP contribution in [-0.2, 0) is 20.6 Å². The zero-order valence-electron chi connectivity index (χ0n) is 14.8. The highest BCUT2D eigenvalue weighted by Crippen LogP contribution is 2.23. The highest BCUT2D eigenvalue weighted by atomic mass is 35.5. The fraction of sp³-hybridized carbons (Fsp3) is 0.250. The summed E-state index contributed by atoms with van der Waals surface area (Å²) in [6.07, 6.45) is 0.700. The number of benzene rings is 1. The standard InChI is InChI=1S/C16H14Cl2N8O2/c1-24-11-12(21-15(24)22-14-19-7-20-23-14)25(2)16(28)26(13(11)27)6-8-3-4-9(17)10(18)5-8/h3-5,7,14H,6H2,1-2H3,(H,21,22). The molecule has 28 heavy (non-hydrogen) atoms. The van der Waals surface area contributed by atoms with Crippen LogP contribution in [0, 0.1) is 0 Å². The molecule has 3 aromatic rings. The maximum absolute atomic E-state index is 13.1. The van der Waals surface area contributed by atoms with E-state index in [1.807, 2.05) is 0 Å². The van der Waals surface area contributed by atoms with Crippen LogP contribution in [0.4, 0.5) is 5.95 Å². The van der Waals surface area contributed by atoms with Gasteiger partial charge in [0.05, 0.1) is 16.6 Å². The van der Waals surface area contributed by atoms with Gasteiger partial charge in [0.25, 0.3) is 5.56 Å². The van der Waals surface area contributed by atoms with E-state index in [2.05, 4.69) is 25.5 Å². The van der Waals surface area contributed by atoms with Gasteiger partial charge in [0.1, 0.15) is 6.34 Å². The quantitative estimate of drug-likeness (QED) is 0.695. The number of hydrogen-bond donors (Lipinski definition) is 1. The highest BCUT2D eigenvalue weighted by Gasteiger charge is 2.20. The molecule has 0 aliphatic carbocycles. The Morgan fingerprint density at radius 1 is 1.14 bits per heavy atom. The predicted molar refractivity (Wildman–Crippen MR) is 107 cm³/mol. The van der Waals surface area contributed by atoms with Crippen LogP contribution in [0.15, 0.2) is 43.0 Å². The van der Waals surface area contributed by atoms with E-state index in [1.165, 1.54) is 10.9 Å². The lowest BCUT2D eigenvalue weighted by Gasteiger charge is -2.09. The summed E-state index contributed by atoms with van der Waals surface area (Å²) in [5.41, 5.74) is 0.234. The Morgan fingerprint density at radius 2 is 1.93 bits per heavy atom. The molecule has 0 bridgehead atoms. The number of aromatic nitrogens is 4. The number of halogens is 2. The Bertz CT molecular complexity index is 1260. The molecule has 1 aliphatic rings. The van der Waals surface area contributed by atoms with Crippen molar-refractivity contribution in [1.29, 1.82) is 0 Å². The van der Waals surface area contributed by atoms with E-state index in [1.54, 1.807) is 36.9 Å². The number of imidazole rings is 1. The number of anilines is 1. The summed E-state index contributed by atoms with van der Waals surface area (Å²) in [5, 5.41) is 11.2. The average Bonchev–Trinajstić information content (AvgIpc) is 3.29. The van der Waals surface area contributed by atoms with Crippen molar-refractivity contribution in [2.24, 2.45) is 29.3 Å². The van der Waals surface area contributed by atoms with Crippen molar-refractivity contribution in [3.05, 3.63) is 54.6 Å². The number of hydrogen-bond acceptors (Lipinski definition) is 7. The van der Waals surface area contributed by atoms with Gasteiger partial charge in [-0.2, -0.15) is 4.98 Å². The first-order valence-corrected chi connectivity index (χ1v) is 8.90. The molecule has 1 unspecified atom stereocenters. The minimum absolute atomic E-state index is 0.0490. The second-order valence-corrected chi connectivity index (χ2v) is 6.98. The van der Waals surface area contributed by atoms with Crippen LogP contribution >= 0.6 is 23.2 Å². The summed E-state index contributed by atoms with van der Waals surface area (Å²) in [6.45, 7) is 0.0490. The van der Waals surface area contributed by atoms with E-state index in [0.717, 1.165) is 4.57 Å². The Kier molecular flexibility index (Phi) is 4.52. The molecule has 1 aliphatic heterocycles. The van der Waals surface area contributed by atoms with E-state index in [0.29, 0.717) is 21.6 Å². The number of aryl methyl sites for hydroxylation is 2. The molecular weight excluding hydrogens is 407 g/mol. The number of aliphatic imine (C=N–C) groups is 1. The molecule has 0 saturated heterocycles. The minimum Gasteiger partial charge on any atom is -0.314 e. The van der Waals surface area contributed by atoms with Gasteiger partial charge in [-0.3, -0.25) is 13.9 Å². The molecule has 12 heteroatoms. The van der Waals surface area contributed by atoms with Crippen molar-refractivity contribution in [2.75, 3.05) is 5.32 Å². The van der Waals surface area contributed by atoms with E-state index >= 15 is 0 Å². The topological polar surface area (TPSA) is 111 Å². The average molecular weight is 421 g/mol. The zero-order chi connectivity index (χ0) is 20.0. The first-order valence-electron chi connectivity index (χ1n) is 8.15. The summed E-state index contributed by atoms with van der Waals surface area (Å²) < 4.78 is 4.01. The highest BCUT2D eigenvalue weighted by molar-refractivity contribution is 6.42. The van der Waals surface area contributed by atoms with Gasteiger partial charge in [-0.1, -0.05) is 29.3 Å². The molecular formula is C16H14Cl2N8O2. The fourth-order valence-corrected chi connectivity index (χ4v) is 3.25. The number of nitrogens with one attached hydrogen (secondary N) is 1. The van der Waals surface area contributed by atoms with Gasteiger partial charge in [0.15, 0.2) is 11.2 Å². The van der Waals surface area contributed by atoms with Gasteiger partial charge in [-0.05, 0) is 17.7 Å². The van der Waals surface area contributed by atoms with Gasteiger partial charge in [0.2, 0.25) is 12.2 Å². The van der Waals surface area contributed by atoms with E-state index in [-0.39, 0.29) is 17.7 Å². The molecule has 0 saturated carbocycles.